The zero-order valence-electron chi connectivity index (χ0n) is 13.2. The van der Waals surface area contributed by atoms with Crippen molar-refractivity contribution in [1.82, 2.24) is 0 Å². The van der Waals surface area contributed by atoms with Gasteiger partial charge in [0.05, 0.1) is 6.42 Å². The van der Waals surface area contributed by atoms with Gasteiger partial charge in [-0.15, -0.1) is 0 Å². The molecule has 0 unspecified atom stereocenters. The van der Waals surface area contributed by atoms with Gasteiger partial charge in [-0.05, 0) is 48.7 Å². The van der Waals surface area contributed by atoms with Gasteiger partial charge in [0.15, 0.2) is 0 Å². The van der Waals surface area contributed by atoms with Gasteiger partial charge >= 0.3 is 5.97 Å². The number of halogens is 1. The summed E-state index contributed by atoms with van der Waals surface area (Å²) in [6.45, 7) is 0.746. The summed E-state index contributed by atoms with van der Waals surface area (Å²) in [5.41, 5.74) is 1.77. The van der Waals surface area contributed by atoms with E-state index in [2.05, 4.69) is 0 Å². The SMILES string of the molecule is O=C(CCc1ccccc1Cl)Oc1ccc(N2CCCC2=O)cc1. The molecule has 1 amide bonds. The van der Waals surface area contributed by atoms with Crippen LogP contribution in [0, 0.1) is 0 Å². The Balaban J connectivity index is 1.55. The zero-order valence-corrected chi connectivity index (χ0v) is 14.0. The maximum absolute atomic E-state index is 12.0. The highest BCUT2D eigenvalue weighted by molar-refractivity contribution is 6.31. The Labute approximate surface area is 146 Å². The first kappa shape index (κ1) is 16.5. The van der Waals surface area contributed by atoms with Crippen molar-refractivity contribution in [3.63, 3.8) is 0 Å². The van der Waals surface area contributed by atoms with Crippen LogP contribution in [0.2, 0.25) is 5.02 Å². The molecule has 0 aliphatic carbocycles. The Morgan fingerprint density at radius 1 is 1.12 bits per heavy atom. The van der Waals surface area contributed by atoms with Crippen molar-refractivity contribution in [2.24, 2.45) is 0 Å². The third-order valence-corrected chi connectivity index (χ3v) is 4.38. The molecule has 5 heteroatoms. The molecular formula is C19H18ClNO3. The second-order valence-corrected chi connectivity index (χ2v) is 6.12. The standard InChI is InChI=1S/C19H18ClNO3/c20-17-5-2-1-4-14(17)7-12-19(23)24-16-10-8-15(9-11-16)21-13-3-6-18(21)22/h1-2,4-5,8-11H,3,6-7,12-13H2. The molecule has 2 aromatic rings. The van der Waals surface area contributed by atoms with Crippen molar-refractivity contribution in [3.05, 3.63) is 59.1 Å². The van der Waals surface area contributed by atoms with Crippen molar-refractivity contribution in [1.29, 1.82) is 0 Å². The minimum atomic E-state index is -0.306. The number of amides is 1. The van der Waals surface area contributed by atoms with Crippen LogP contribution in [0.4, 0.5) is 5.69 Å². The summed E-state index contributed by atoms with van der Waals surface area (Å²) in [6, 6.07) is 14.5. The van der Waals surface area contributed by atoms with Crippen LogP contribution in [0.1, 0.15) is 24.8 Å². The normalized spacial score (nSPS) is 14.0. The highest BCUT2D eigenvalue weighted by Crippen LogP contribution is 2.24. The van der Waals surface area contributed by atoms with Gasteiger partial charge < -0.3 is 9.64 Å². The lowest BCUT2D eigenvalue weighted by Gasteiger charge is -2.15. The third kappa shape index (κ3) is 3.95. The Morgan fingerprint density at radius 3 is 2.54 bits per heavy atom. The van der Waals surface area contributed by atoms with E-state index < -0.39 is 0 Å². The van der Waals surface area contributed by atoms with Crippen molar-refractivity contribution >= 4 is 29.2 Å². The fourth-order valence-electron chi connectivity index (χ4n) is 2.74. The Bertz CT molecular complexity index is 743. The van der Waals surface area contributed by atoms with Crippen LogP contribution in [-0.4, -0.2) is 18.4 Å². The first-order valence-electron chi connectivity index (χ1n) is 7.98. The van der Waals surface area contributed by atoms with Crippen LogP contribution in [0.25, 0.3) is 0 Å². The number of aryl methyl sites for hydroxylation is 1. The molecule has 1 aliphatic rings. The number of benzene rings is 2. The zero-order chi connectivity index (χ0) is 16.9. The quantitative estimate of drug-likeness (QED) is 0.609. The maximum atomic E-state index is 12.0. The second kappa shape index (κ2) is 7.49. The van der Waals surface area contributed by atoms with Crippen LogP contribution in [0.5, 0.6) is 5.75 Å². The molecule has 0 spiro atoms. The monoisotopic (exact) mass is 343 g/mol. The van der Waals surface area contributed by atoms with Crippen LogP contribution in [-0.2, 0) is 16.0 Å². The van der Waals surface area contributed by atoms with Crippen molar-refractivity contribution < 1.29 is 14.3 Å². The van der Waals surface area contributed by atoms with E-state index in [0.29, 0.717) is 23.6 Å². The van der Waals surface area contributed by atoms with Gasteiger partial charge in [-0.2, -0.15) is 0 Å². The lowest BCUT2D eigenvalue weighted by atomic mass is 10.1. The van der Waals surface area contributed by atoms with Gasteiger partial charge in [-0.1, -0.05) is 29.8 Å². The molecule has 4 nitrogen and oxygen atoms in total. The third-order valence-electron chi connectivity index (χ3n) is 4.01. The summed E-state index contributed by atoms with van der Waals surface area (Å²) < 4.78 is 5.33. The van der Waals surface area contributed by atoms with Crippen molar-refractivity contribution in [2.75, 3.05) is 11.4 Å². The molecule has 1 fully saturated rings. The van der Waals surface area contributed by atoms with E-state index >= 15 is 0 Å². The van der Waals surface area contributed by atoms with E-state index in [1.807, 2.05) is 18.2 Å². The molecule has 1 heterocycles. The first-order chi connectivity index (χ1) is 11.6. The molecule has 0 aromatic heterocycles. The highest BCUT2D eigenvalue weighted by atomic mass is 35.5. The van der Waals surface area contributed by atoms with Crippen LogP contribution in [0.3, 0.4) is 0 Å². The molecule has 124 valence electrons. The Kier molecular flexibility index (Phi) is 5.16. The number of ether oxygens (including phenoxy) is 1. The van der Waals surface area contributed by atoms with Gasteiger partial charge in [-0.25, -0.2) is 0 Å². The highest BCUT2D eigenvalue weighted by Gasteiger charge is 2.21. The topological polar surface area (TPSA) is 46.6 Å². The number of esters is 1. The average Bonchev–Trinajstić information content (AvgIpc) is 3.01. The van der Waals surface area contributed by atoms with E-state index in [1.165, 1.54) is 0 Å². The predicted molar refractivity (Wildman–Crippen MR) is 93.4 cm³/mol. The van der Waals surface area contributed by atoms with E-state index in [9.17, 15) is 9.59 Å². The molecular weight excluding hydrogens is 326 g/mol. The lowest BCUT2D eigenvalue weighted by molar-refractivity contribution is -0.134. The predicted octanol–water partition coefficient (Wildman–Crippen LogP) is 4.01. The van der Waals surface area contributed by atoms with Gasteiger partial charge in [0.2, 0.25) is 5.91 Å². The lowest BCUT2D eigenvalue weighted by Crippen LogP contribution is -2.23. The number of hydrogen-bond donors (Lipinski definition) is 0. The second-order valence-electron chi connectivity index (χ2n) is 5.71. The number of hydrogen-bond acceptors (Lipinski definition) is 3. The molecule has 0 atom stereocenters. The Morgan fingerprint density at radius 2 is 1.88 bits per heavy atom. The van der Waals surface area contributed by atoms with Gasteiger partial charge in [0.25, 0.3) is 0 Å². The first-order valence-corrected chi connectivity index (χ1v) is 8.36. The summed E-state index contributed by atoms with van der Waals surface area (Å²) in [6.07, 6.45) is 2.28. The smallest absolute Gasteiger partial charge is 0.311 e. The molecule has 1 aliphatic heterocycles. The number of nitrogens with zero attached hydrogens (tertiary/aromatic N) is 1. The van der Waals surface area contributed by atoms with Crippen molar-refractivity contribution in [2.45, 2.75) is 25.7 Å². The molecule has 2 aromatic carbocycles. The molecule has 0 saturated carbocycles. The minimum Gasteiger partial charge on any atom is -0.427 e. The van der Waals surface area contributed by atoms with E-state index in [-0.39, 0.29) is 18.3 Å². The van der Waals surface area contributed by atoms with Crippen LogP contribution in [0.15, 0.2) is 48.5 Å². The summed E-state index contributed by atoms with van der Waals surface area (Å²) in [5.74, 6) is 0.314. The van der Waals surface area contributed by atoms with Gasteiger partial charge in [0.1, 0.15) is 5.75 Å². The molecule has 0 bridgehead atoms. The Hall–Kier alpha value is -2.33. The van der Waals surface area contributed by atoms with E-state index in [4.69, 9.17) is 16.3 Å². The number of anilines is 1. The largest absolute Gasteiger partial charge is 0.427 e. The molecule has 0 N–H and O–H groups in total. The number of rotatable bonds is 5. The van der Waals surface area contributed by atoms with E-state index in [0.717, 1.165) is 24.2 Å². The summed E-state index contributed by atoms with van der Waals surface area (Å²) >= 11 is 6.08. The molecule has 3 rings (SSSR count). The molecule has 0 radical (unpaired) electrons. The van der Waals surface area contributed by atoms with Crippen LogP contribution < -0.4 is 9.64 Å². The maximum Gasteiger partial charge on any atom is 0.311 e. The van der Waals surface area contributed by atoms with Crippen LogP contribution >= 0.6 is 11.6 Å². The van der Waals surface area contributed by atoms with Gasteiger partial charge in [0, 0.05) is 23.7 Å². The average molecular weight is 344 g/mol. The van der Waals surface area contributed by atoms with E-state index in [1.54, 1.807) is 35.2 Å². The fourth-order valence-corrected chi connectivity index (χ4v) is 2.97. The summed E-state index contributed by atoms with van der Waals surface area (Å²) in [4.78, 5) is 25.4. The minimum absolute atomic E-state index is 0.138. The molecule has 24 heavy (non-hydrogen) atoms. The van der Waals surface area contributed by atoms with Crippen molar-refractivity contribution in [3.8, 4) is 5.75 Å². The summed E-state index contributed by atoms with van der Waals surface area (Å²) in [7, 11) is 0. The fraction of sp³-hybridized carbons (Fsp3) is 0.263. The summed E-state index contributed by atoms with van der Waals surface area (Å²) in [5, 5.41) is 0.657. The van der Waals surface area contributed by atoms with Gasteiger partial charge in [-0.3, -0.25) is 9.59 Å². The number of carbonyl (C=O) groups excluding carboxylic acids is 2. The number of carbonyl (C=O) groups is 2. The molecule has 1 saturated heterocycles.